The molecule has 2 aromatic rings. The van der Waals surface area contributed by atoms with Crippen LogP contribution in [-0.4, -0.2) is 43.4 Å². The number of carbonyl (C=O) groups is 1. The van der Waals surface area contributed by atoms with E-state index in [9.17, 15) is 18.7 Å². The summed E-state index contributed by atoms with van der Waals surface area (Å²) in [6.45, 7) is 3.50. The number of carbonyl (C=O) groups excluding carboxylic acids is 1. The van der Waals surface area contributed by atoms with Gasteiger partial charge in [-0.05, 0) is 13.0 Å². The van der Waals surface area contributed by atoms with E-state index < -0.39 is 28.5 Å². The summed E-state index contributed by atoms with van der Waals surface area (Å²) in [6, 6.07) is 2.99. The largest absolute Gasteiger partial charge is 0.465 e. The number of nitrogens with zero attached hydrogens (tertiary/aromatic N) is 3. The maximum Gasteiger partial charge on any atom is 0.315 e. The van der Waals surface area contributed by atoms with E-state index in [0.29, 0.717) is 6.07 Å². The van der Waals surface area contributed by atoms with Crippen LogP contribution in [0.15, 0.2) is 30.9 Å². The zero-order chi connectivity index (χ0) is 18.4. The second-order valence-electron chi connectivity index (χ2n) is 5.40. The fourth-order valence-electron chi connectivity index (χ4n) is 2.37. The Morgan fingerprint density at radius 1 is 1.48 bits per heavy atom. The van der Waals surface area contributed by atoms with Crippen molar-refractivity contribution < 1.29 is 23.4 Å². The zero-order valence-electron chi connectivity index (χ0n) is 13.9. The number of esters is 1. The van der Waals surface area contributed by atoms with Crippen molar-refractivity contribution in [1.29, 1.82) is 0 Å². The van der Waals surface area contributed by atoms with Crippen molar-refractivity contribution in [2.45, 2.75) is 31.2 Å². The molecule has 0 saturated carbocycles. The number of ether oxygens (including phenoxy) is 1. The van der Waals surface area contributed by atoms with E-state index >= 15 is 0 Å². The van der Waals surface area contributed by atoms with E-state index in [1.165, 1.54) is 23.4 Å². The van der Waals surface area contributed by atoms with Crippen LogP contribution in [0.1, 0.15) is 19.4 Å². The van der Waals surface area contributed by atoms with Gasteiger partial charge >= 0.3 is 5.97 Å². The van der Waals surface area contributed by atoms with Crippen molar-refractivity contribution in [3.63, 3.8) is 0 Å². The number of hydrogen-bond acceptors (Lipinski definition) is 6. The summed E-state index contributed by atoms with van der Waals surface area (Å²) in [7, 11) is 0. The molecule has 2 unspecified atom stereocenters. The molecular formula is C16H19F2N3O3S. The van der Waals surface area contributed by atoms with Gasteiger partial charge in [-0.1, -0.05) is 13.0 Å². The van der Waals surface area contributed by atoms with Crippen LogP contribution in [-0.2, 0) is 21.7 Å². The number of benzene rings is 1. The molecule has 0 bridgehead atoms. The van der Waals surface area contributed by atoms with Crippen LogP contribution >= 0.6 is 11.8 Å². The van der Waals surface area contributed by atoms with Gasteiger partial charge in [-0.2, -0.15) is 5.10 Å². The van der Waals surface area contributed by atoms with Gasteiger partial charge in [0.2, 0.25) is 0 Å². The molecule has 6 nitrogen and oxygen atoms in total. The highest BCUT2D eigenvalue weighted by Gasteiger charge is 2.39. The normalized spacial score (nSPS) is 14.8. The van der Waals surface area contributed by atoms with E-state index in [1.807, 2.05) is 0 Å². The summed E-state index contributed by atoms with van der Waals surface area (Å²) < 4.78 is 33.8. The molecule has 1 aromatic carbocycles. The first-order chi connectivity index (χ1) is 11.9. The minimum absolute atomic E-state index is 0.00249. The van der Waals surface area contributed by atoms with Crippen molar-refractivity contribution in [1.82, 2.24) is 14.8 Å². The molecule has 0 aliphatic rings. The molecule has 136 valence electrons. The minimum Gasteiger partial charge on any atom is -0.465 e. The van der Waals surface area contributed by atoms with E-state index in [4.69, 9.17) is 4.74 Å². The molecule has 25 heavy (non-hydrogen) atoms. The number of halogens is 2. The van der Waals surface area contributed by atoms with E-state index in [0.717, 1.165) is 17.8 Å². The Hall–Kier alpha value is -2.00. The van der Waals surface area contributed by atoms with Crippen molar-refractivity contribution >= 4 is 17.7 Å². The summed E-state index contributed by atoms with van der Waals surface area (Å²) in [4.78, 5) is 15.4. The average molecular weight is 371 g/mol. The Morgan fingerprint density at radius 3 is 2.84 bits per heavy atom. The number of rotatable bonds is 8. The topological polar surface area (TPSA) is 77.2 Å². The van der Waals surface area contributed by atoms with Gasteiger partial charge in [0.15, 0.2) is 0 Å². The standard InChI is InChI=1S/C16H19F2N3O3S/c1-3-24-15(22)7-25-11(2)16(23,8-21-10-19-9-20-21)13-5-4-12(17)6-14(13)18/h4-6,9-11,23H,3,7-8H2,1-2H3. The van der Waals surface area contributed by atoms with Gasteiger partial charge in [-0.3, -0.25) is 4.79 Å². The quantitative estimate of drug-likeness (QED) is 0.717. The summed E-state index contributed by atoms with van der Waals surface area (Å²) in [5, 5.41) is 14.5. The van der Waals surface area contributed by atoms with Crippen LogP contribution in [0, 0.1) is 11.6 Å². The van der Waals surface area contributed by atoms with Gasteiger partial charge in [0, 0.05) is 16.9 Å². The highest BCUT2D eigenvalue weighted by atomic mass is 32.2. The molecule has 1 heterocycles. The van der Waals surface area contributed by atoms with Crippen LogP contribution < -0.4 is 0 Å². The van der Waals surface area contributed by atoms with Crippen molar-refractivity contribution in [2.24, 2.45) is 0 Å². The van der Waals surface area contributed by atoms with Crippen molar-refractivity contribution in [3.8, 4) is 0 Å². The first kappa shape index (κ1) is 19.3. The average Bonchev–Trinajstić information content (AvgIpc) is 3.05. The van der Waals surface area contributed by atoms with Gasteiger partial charge < -0.3 is 9.84 Å². The first-order valence-corrected chi connectivity index (χ1v) is 8.69. The highest BCUT2D eigenvalue weighted by molar-refractivity contribution is 8.00. The monoisotopic (exact) mass is 371 g/mol. The number of thioether (sulfide) groups is 1. The van der Waals surface area contributed by atoms with Gasteiger partial charge in [-0.25, -0.2) is 18.4 Å². The Balaban J connectivity index is 2.29. The third-order valence-corrected chi connectivity index (χ3v) is 4.99. The van der Waals surface area contributed by atoms with Gasteiger partial charge in [0.05, 0.1) is 18.9 Å². The molecule has 0 amide bonds. The van der Waals surface area contributed by atoms with E-state index in [2.05, 4.69) is 10.1 Å². The molecule has 0 fully saturated rings. The van der Waals surface area contributed by atoms with Gasteiger partial charge in [0.25, 0.3) is 0 Å². The lowest BCUT2D eigenvalue weighted by Gasteiger charge is -2.34. The Morgan fingerprint density at radius 2 is 2.24 bits per heavy atom. The fourth-order valence-corrected chi connectivity index (χ4v) is 3.31. The fraction of sp³-hybridized carbons (Fsp3) is 0.438. The summed E-state index contributed by atoms with van der Waals surface area (Å²) in [6.07, 6.45) is 2.67. The second kappa shape index (κ2) is 8.39. The van der Waals surface area contributed by atoms with Crippen LogP contribution in [0.4, 0.5) is 8.78 Å². The molecular weight excluding hydrogens is 352 g/mol. The lowest BCUT2D eigenvalue weighted by atomic mass is 9.90. The highest BCUT2D eigenvalue weighted by Crippen LogP contribution is 2.36. The third-order valence-electron chi connectivity index (χ3n) is 3.70. The predicted octanol–water partition coefficient (Wildman–Crippen LogP) is 2.13. The minimum atomic E-state index is -1.73. The van der Waals surface area contributed by atoms with Crippen LogP contribution in [0.5, 0.6) is 0 Å². The lowest BCUT2D eigenvalue weighted by Crippen LogP contribution is -2.41. The first-order valence-electron chi connectivity index (χ1n) is 7.64. The molecule has 2 rings (SSSR count). The van der Waals surface area contributed by atoms with Crippen LogP contribution in [0.3, 0.4) is 0 Å². The van der Waals surface area contributed by atoms with E-state index in [-0.39, 0.29) is 24.5 Å². The van der Waals surface area contributed by atoms with Gasteiger partial charge in [0.1, 0.15) is 29.9 Å². The van der Waals surface area contributed by atoms with Gasteiger partial charge in [-0.15, -0.1) is 11.8 Å². The molecule has 0 aliphatic heterocycles. The van der Waals surface area contributed by atoms with Crippen molar-refractivity contribution in [3.05, 3.63) is 48.1 Å². The summed E-state index contributed by atoms with van der Waals surface area (Å²) >= 11 is 1.11. The number of aromatic nitrogens is 3. The molecule has 1 aromatic heterocycles. The Kier molecular flexibility index (Phi) is 6.49. The van der Waals surface area contributed by atoms with Crippen LogP contribution in [0.2, 0.25) is 0 Å². The molecule has 0 radical (unpaired) electrons. The third kappa shape index (κ3) is 4.76. The zero-order valence-corrected chi connectivity index (χ0v) is 14.7. The predicted molar refractivity (Wildman–Crippen MR) is 88.8 cm³/mol. The van der Waals surface area contributed by atoms with E-state index in [1.54, 1.807) is 13.8 Å². The SMILES string of the molecule is CCOC(=O)CSC(C)C(O)(Cn1cncn1)c1ccc(F)cc1F. The number of aliphatic hydroxyl groups is 1. The number of hydrogen-bond donors (Lipinski definition) is 1. The molecule has 2 atom stereocenters. The maximum atomic E-state index is 14.3. The lowest BCUT2D eigenvalue weighted by molar-refractivity contribution is -0.139. The summed E-state index contributed by atoms with van der Waals surface area (Å²) in [5.41, 5.74) is -1.81. The molecule has 0 saturated heterocycles. The molecule has 1 N–H and O–H groups in total. The van der Waals surface area contributed by atoms with Crippen LogP contribution in [0.25, 0.3) is 0 Å². The molecule has 0 spiro atoms. The summed E-state index contributed by atoms with van der Waals surface area (Å²) in [5.74, 6) is -2.04. The van der Waals surface area contributed by atoms with Crippen molar-refractivity contribution in [2.75, 3.05) is 12.4 Å². The second-order valence-corrected chi connectivity index (χ2v) is 6.73. The molecule has 0 aliphatic carbocycles. The maximum absolute atomic E-state index is 14.3. The smallest absolute Gasteiger partial charge is 0.315 e. The Labute approximate surface area is 148 Å². The Bertz CT molecular complexity index is 715. The molecule has 9 heteroatoms.